The fourth-order valence-corrected chi connectivity index (χ4v) is 1.93. The number of hydrogen-bond acceptors (Lipinski definition) is 4. The molecule has 0 aliphatic rings. The molecule has 0 atom stereocenters. The molecule has 3 N–H and O–H groups in total. The topological polar surface area (TPSA) is 77.2 Å². The van der Waals surface area contributed by atoms with Crippen LogP contribution in [0.15, 0.2) is 42.7 Å². The number of carbonyl (C=O) groups is 1. The van der Waals surface area contributed by atoms with Gasteiger partial charge in [0.25, 0.3) is 5.91 Å². The van der Waals surface area contributed by atoms with Crippen molar-refractivity contribution in [2.45, 2.75) is 6.42 Å². The monoisotopic (exact) mass is 271 g/mol. The Balaban J connectivity index is 1.93. The summed E-state index contributed by atoms with van der Waals surface area (Å²) in [5.74, 6) is 0.630. The first-order valence-corrected chi connectivity index (χ1v) is 6.32. The number of hydrogen-bond donors (Lipinski definition) is 2. The molecule has 0 fully saturated rings. The standard InChI is InChI=1S/C15H17N3O2/c1-20-14-5-3-2-4-11(14)6-9-18-15(19)12-7-8-17-10-13(12)16/h2-5,7-8,10H,6,9,16H2,1H3,(H,18,19). The zero-order valence-corrected chi connectivity index (χ0v) is 11.3. The van der Waals surface area contributed by atoms with E-state index < -0.39 is 0 Å². The van der Waals surface area contributed by atoms with Crippen molar-refractivity contribution in [2.24, 2.45) is 0 Å². The first-order chi connectivity index (χ1) is 9.72. The van der Waals surface area contributed by atoms with Crippen molar-refractivity contribution >= 4 is 11.6 Å². The number of benzene rings is 1. The Morgan fingerprint density at radius 2 is 2.15 bits per heavy atom. The van der Waals surface area contributed by atoms with Crippen LogP contribution >= 0.6 is 0 Å². The van der Waals surface area contributed by atoms with Crippen molar-refractivity contribution in [3.8, 4) is 5.75 Å². The molecular formula is C15H17N3O2. The third kappa shape index (κ3) is 3.26. The highest BCUT2D eigenvalue weighted by Crippen LogP contribution is 2.17. The predicted molar refractivity (Wildman–Crippen MR) is 77.7 cm³/mol. The lowest BCUT2D eigenvalue weighted by Crippen LogP contribution is -2.26. The zero-order chi connectivity index (χ0) is 14.4. The van der Waals surface area contributed by atoms with Crippen LogP contribution in [-0.2, 0) is 6.42 Å². The van der Waals surface area contributed by atoms with E-state index in [0.29, 0.717) is 24.2 Å². The van der Waals surface area contributed by atoms with Crippen molar-refractivity contribution in [1.29, 1.82) is 0 Å². The Hall–Kier alpha value is -2.56. The molecule has 0 saturated heterocycles. The molecule has 1 heterocycles. The van der Waals surface area contributed by atoms with E-state index in [2.05, 4.69) is 10.3 Å². The van der Waals surface area contributed by atoms with Crippen molar-refractivity contribution in [3.05, 3.63) is 53.9 Å². The van der Waals surface area contributed by atoms with Crippen LogP contribution in [0.25, 0.3) is 0 Å². The summed E-state index contributed by atoms with van der Waals surface area (Å²) >= 11 is 0. The van der Waals surface area contributed by atoms with Gasteiger partial charge in [-0.1, -0.05) is 18.2 Å². The van der Waals surface area contributed by atoms with Crippen molar-refractivity contribution in [2.75, 3.05) is 19.4 Å². The Morgan fingerprint density at radius 1 is 1.35 bits per heavy atom. The highest BCUT2D eigenvalue weighted by molar-refractivity contribution is 5.98. The molecule has 1 amide bonds. The Bertz CT molecular complexity index is 599. The van der Waals surface area contributed by atoms with Crippen LogP contribution in [0.4, 0.5) is 5.69 Å². The van der Waals surface area contributed by atoms with Gasteiger partial charge in [0.1, 0.15) is 5.75 Å². The van der Waals surface area contributed by atoms with Crippen LogP contribution in [-0.4, -0.2) is 24.5 Å². The second-order valence-corrected chi connectivity index (χ2v) is 4.28. The molecule has 0 aliphatic carbocycles. The van der Waals surface area contributed by atoms with Gasteiger partial charge in [0, 0.05) is 12.7 Å². The van der Waals surface area contributed by atoms with Gasteiger partial charge in [0.2, 0.25) is 0 Å². The SMILES string of the molecule is COc1ccccc1CCNC(=O)c1ccncc1N. The minimum atomic E-state index is -0.195. The molecule has 20 heavy (non-hydrogen) atoms. The summed E-state index contributed by atoms with van der Waals surface area (Å²) in [5, 5.41) is 2.84. The van der Waals surface area contributed by atoms with E-state index in [1.54, 1.807) is 19.4 Å². The summed E-state index contributed by atoms with van der Waals surface area (Å²) < 4.78 is 5.27. The zero-order valence-electron chi connectivity index (χ0n) is 11.3. The lowest BCUT2D eigenvalue weighted by Gasteiger charge is -2.09. The first-order valence-electron chi connectivity index (χ1n) is 6.32. The van der Waals surface area contributed by atoms with Crippen molar-refractivity contribution in [3.63, 3.8) is 0 Å². The largest absolute Gasteiger partial charge is 0.496 e. The van der Waals surface area contributed by atoms with E-state index in [0.717, 1.165) is 11.3 Å². The maximum Gasteiger partial charge on any atom is 0.253 e. The number of nitrogens with zero attached hydrogens (tertiary/aromatic N) is 1. The van der Waals surface area contributed by atoms with Gasteiger partial charge in [-0.2, -0.15) is 0 Å². The molecule has 0 aliphatic heterocycles. The summed E-state index contributed by atoms with van der Waals surface area (Å²) in [5.41, 5.74) is 7.58. The number of carbonyl (C=O) groups excluding carboxylic acids is 1. The number of ether oxygens (including phenoxy) is 1. The summed E-state index contributed by atoms with van der Waals surface area (Å²) in [6, 6.07) is 9.34. The van der Waals surface area contributed by atoms with Crippen molar-refractivity contribution < 1.29 is 9.53 Å². The van der Waals surface area contributed by atoms with E-state index in [-0.39, 0.29) is 5.91 Å². The molecule has 0 radical (unpaired) electrons. The van der Waals surface area contributed by atoms with Gasteiger partial charge >= 0.3 is 0 Å². The average molecular weight is 271 g/mol. The summed E-state index contributed by atoms with van der Waals surface area (Å²) in [6.45, 7) is 0.515. The van der Waals surface area contributed by atoms with Crippen LogP contribution in [0.2, 0.25) is 0 Å². The van der Waals surface area contributed by atoms with Crippen LogP contribution < -0.4 is 15.8 Å². The van der Waals surface area contributed by atoms with Gasteiger partial charge < -0.3 is 15.8 Å². The Morgan fingerprint density at radius 3 is 2.90 bits per heavy atom. The second kappa shape index (κ2) is 6.56. The Kier molecular flexibility index (Phi) is 4.55. The lowest BCUT2D eigenvalue weighted by atomic mass is 10.1. The molecular weight excluding hydrogens is 254 g/mol. The Labute approximate surface area is 117 Å². The minimum Gasteiger partial charge on any atom is -0.496 e. The molecule has 104 valence electrons. The number of nitrogens with two attached hydrogens (primary N) is 1. The van der Waals surface area contributed by atoms with E-state index in [1.165, 1.54) is 6.20 Å². The number of rotatable bonds is 5. The van der Waals surface area contributed by atoms with Gasteiger partial charge in [-0.3, -0.25) is 9.78 Å². The maximum absolute atomic E-state index is 12.0. The van der Waals surface area contributed by atoms with Crippen LogP contribution in [0.1, 0.15) is 15.9 Å². The third-order valence-electron chi connectivity index (χ3n) is 2.97. The van der Waals surface area contributed by atoms with Gasteiger partial charge in [-0.05, 0) is 24.1 Å². The fourth-order valence-electron chi connectivity index (χ4n) is 1.93. The van der Waals surface area contributed by atoms with E-state index in [4.69, 9.17) is 10.5 Å². The van der Waals surface area contributed by atoms with E-state index in [1.807, 2.05) is 24.3 Å². The molecule has 0 spiro atoms. The molecule has 0 saturated carbocycles. The molecule has 5 heteroatoms. The van der Waals surface area contributed by atoms with Crippen LogP contribution in [0.3, 0.4) is 0 Å². The minimum absolute atomic E-state index is 0.195. The van der Waals surface area contributed by atoms with Crippen LogP contribution in [0.5, 0.6) is 5.75 Å². The van der Waals surface area contributed by atoms with E-state index >= 15 is 0 Å². The number of para-hydroxylation sites is 1. The molecule has 1 aromatic heterocycles. The first kappa shape index (κ1) is 13.9. The normalized spacial score (nSPS) is 10.1. The average Bonchev–Trinajstić information content (AvgIpc) is 2.48. The number of nitrogen functional groups attached to an aromatic ring is 1. The molecule has 2 rings (SSSR count). The maximum atomic E-state index is 12.0. The fraction of sp³-hybridized carbons (Fsp3) is 0.200. The highest BCUT2D eigenvalue weighted by atomic mass is 16.5. The van der Waals surface area contributed by atoms with Gasteiger partial charge in [-0.25, -0.2) is 0 Å². The van der Waals surface area contributed by atoms with Crippen molar-refractivity contribution in [1.82, 2.24) is 10.3 Å². The molecule has 1 aromatic carbocycles. The molecule has 0 unspecified atom stereocenters. The number of methoxy groups -OCH3 is 1. The van der Waals surface area contributed by atoms with Gasteiger partial charge in [0.05, 0.1) is 24.6 Å². The summed E-state index contributed by atoms with van der Waals surface area (Å²) in [4.78, 5) is 15.8. The number of pyridine rings is 1. The number of anilines is 1. The third-order valence-corrected chi connectivity index (χ3v) is 2.97. The summed E-state index contributed by atoms with van der Waals surface area (Å²) in [6.07, 6.45) is 3.71. The van der Waals surface area contributed by atoms with Gasteiger partial charge in [0.15, 0.2) is 0 Å². The smallest absolute Gasteiger partial charge is 0.253 e. The lowest BCUT2D eigenvalue weighted by molar-refractivity contribution is 0.0955. The number of amides is 1. The molecule has 0 bridgehead atoms. The summed E-state index contributed by atoms with van der Waals surface area (Å²) in [7, 11) is 1.63. The number of nitrogens with one attached hydrogen (secondary N) is 1. The second-order valence-electron chi connectivity index (χ2n) is 4.28. The number of aromatic nitrogens is 1. The van der Waals surface area contributed by atoms with Crippen LogP contribution in [0, 0.1) is 0 Å². The predicted octanol–water partition coefficient (Wildman–Crippen LogP) is 1.64. The van der Waals surface area contributed by atoms with Gasteiger partial charge in [-0.15, -0.1) is 0 Å². The molecule has 2 aromatic rings. The van der Waals surface area contributed by atoms with E-state index in [9.17, 15) is 4.79 Å². The quantitative estimate of drug-likeness (QED) is 0.866. The highest BCUT2D eigenvalue weighted by Gasteiger charge is 2.09. The molecule has 5 nitrogen and oxygen atoms in total.